The van der Waals surface area contributed by atoms with Gasteiger partial charge < -0.3 is 24.4 Å². The zero-order valence-electron chi connectivity index (χ0n) is 18.1. The monoisotopic (exact) mass is 427 g/mol. The number of benzene rings is 1. The van der Waals surface area contributed by atoms with Gasteiger partial charge in [-0.05, 0) is 48.8 Å². The second kappa shape index (κ2) is 9.80. The predicted octanol–water partition coefficient (Wildman–Crippen LogP) is 2.14. The van der Waals surface area contributed by atoms with Crippen molar-refractivity contribution in [2.24, 2.45) is 5.92 Å². The van der Waals surface area contributed by atoms with Crippen molar-refractivity contribution in [3.63, 3.8) is 0 Å². The van der Waals surface area contributed by atoms with Crippen LogP contribution in [0.4, 0.5) is 5.95 Å². The van der Waals surface area contributed by atoms with Gasteiger partial charge in [-0.25, -0.2) is 0 Å². The lowest BCUT2D eigenvalue weighted by Crippen LogP contribution is -2.38. The summed E-state index contributed by atoms with van der Waals surface area (Å²) in [7, 11) is 3.02. The number of carbonyl (C=O) groups is 1. The first kappa shape index (κ1) is 21.1. The number of anilines is 1. The Bertz CT molecular complexity index is 901. The average molecular weight is 428 g/mol. The molecule has 2 aliphatic heterocycles. The number of rotatable bonds is 7. The smallest absolute Gasteiger partial charge is 0.324 e. The van der Waals surface area contributed by atoms with Gasteiger partial charge in [-0.2, -0.15) is 9.97 Å². The summed E-state index contributed by atoms with van der Waals surface area (Å²) in [6, 6.07) is 6.61. The molecule has 3 heterocycles. The van der Waals surface area contributed by atoms with Gasteiger partial charge in [-0.15, -0.1) is 4.98 Å². The fourth-order valence-corrected chi connectivity index (χ4v) is 4.12. The Morgan fingerprint density at radius 2 is 2.00 bits per heavy atom. The second-order valence-corrected chi connectivity index (χ2v) is 7.94. The molecule has 2 aliphatic rings. The minimum absolute atomic E-state index is 0.0617. The lowest BCUT2D eigenvalue weighted by Gasteiger charge is -2.32. The second-order valence-electron chi connectivity index (χ2n) is 7.94. The van der Waals surface area contributed by atoms with E-state index in [1.165, 1.54) is 19.8 Å². The number of aryl methyl sites for hydroxylation is 1. The molecule has 2 aromatic rings. The molecular weight excluding hydrogens is 398 g/mol. The highest BCUT2D eigenvalue weighted by Crippen LogP contribution is 2.26. The van der Waals surface area contributed by atoms with E-state index in [1.54, 1.807) is 0 Å². The summed E-state index contributed by atoms with van der Waals surface area (Å²) >= 11 is 0. The topological polar surface area (TPSA) is 98.7 Å². The molecule has 1 fully saturated rings. The first-order chi connectivity index (χ1) is 15.1. The number of fused-ring (bicyclic) bond motifs is 1. The van der Waals surface area contributed by atoms with Crippen molar-refractivity contribution in [3.05, 3.63) is 29.3 Å². The number of nitrogens with one attached hydrogen (secondary N) is 1. The molecule has 1 amide bonds. The normalized spacial score (nSPS) is 18.0. The number of piperidine rings is 1. The number of amides is 1. The SMILES string of the molecule is COc1nc(OC)nc(N2CCCC(CC(=O)NCc3ccc4c(c3)CCCO4)C2)n1. The molecule has 0 aliphatic carbocycles. The summed E-state index contributed by atoms with van der Waals surface area (Å²) in [4.78, 5) is 27.4. The fraction of sp³-hybridized carbons (Fsp3) is 0.545. The molecule has 1 N–H and O–H groups in total. The number of nitrogens with zero attached hydrogens (tertiary/aromatic N) is 4. The van der Waals surface area contributed by atoms with Crippen LogP contribution in [0, 0.1) is 5.92 Å². The Morgan fingerprint density at radius 3 is 2.77 bits per heavy atom. The third kappa shape index (κ3) is 5.34. The maximum absolute atomic E-state index is 12.6. The summed E-state index contributed by atoms with van der Waals surface area (Å²) in [5.41, 5.74) is 2.33. The summed E-state index contributed by atoms with van der Waals surface area (Å²) < 4.78 is 16.0. The van der Waals surface area contributed by atoms with Gasteiger partial charge in [0.2, 0.25) is 11.9 Å². The van der Waals surface area contributed by atoms with E-state index in [-0.39, 0.29) is 23.8 Å². The molecule has 0 radical (unpaired) electrons. The van der Waals surface area contributed by atoms with Crippen LogP contribution in [0.2, 0.25) is 0 Å². The fourth-order valence-electron chi connectivity index (χ4n) is 4.12. The van der Waals surface area contributed by atoms with Crippen LogP contribution in [0.5, 0.6) is 17.8 Å². The van der Waals surface area contributed by atoms with Crippen molar-refractivity contribution in [3.8, 4) is 17.8 Å². The van der Waals surface area contributed by atoms with Crippen LogP contribution in [0.3, 0.4) is 0 Å². The molecule has 31 heavy (non-hydrogen) atoms. The summed E-state index contributed by atoms with van der Waals surface area (Å²) in [5.74, 6) is 1.78. The number of hydrogen-bond donors (Lipinski definition) is 1. The number of aromatic nitrogens is 3. The molecule has 9 heteroatoms. The third-order valence-electron chi connectivity index (χ3n) is 5.69. The van der Waals surface area contributed by atoms with Crippen molar-refractivity contribution >= 4 is 11.9 Å². The van der Waals surface area contributed by atoms with Crippen LogP contribution in [0.1, 0.15) is 36.8 Å². The lowest BCUT2D eigenvalue weighted by molar-refractivity contribution is -0.122. The van der Waals surface area contributed by atoms with E-state index in [1.807, 2.05) is 12.1 Å². The van der Waals surface area contributed by atoms with Gasteiger partial charge in [0.25, 0.3) is 0 Å². The number of methoxy groups -OCH3 is 2. The van der Waals surface area contributed by atoms with Crippen LogP contribution >= 0.6 is 0 Å². The number of hydrogen-bond acceptors (Lipinski definition) is 8. The maximum atomic E-state index is 12.6. The minimum atomic E-state index is 0.0617. The highest BCUT2D eigenvalue weighted by atomic mass is 16.5. The zero-order chi connectivity index (χ0) is 21.6. The van der Waals surface area contributed by atoms with Crippen LogP contribution in [0.15, 0.2) is 18.2 Å². The summed E-state index contributed by atoms with van der Waals surface area (Å²) in [6.07, 6.45) is 4.52. The molecule has 4 rings (SSSR count). The third-order valence-corrected chi connectivity index (χ3v) is 5.69. The van der Waals surface area contributed by atoms with Crippen LogP contribution < -0.4 is 24.4 Å². The molecule has 1 aromatic heterocycles. The van der Waals surface area contributed by atoms with Crippen molar-refractivity contribution in [2.75, 3.05) is 38.8 Å². The van der Waals surface area contributed by atoms with Crippen LogP contribution in [0.25, 0.3) is 0 Å². The lowest BCUT2D eigenvalue weighted by atomic mass is 9.94. The van der Waals surface area contributed by atoms with E-state index >= 15 is 0 Å². The first-order valence-electron chi connectivity index (χ1n) is 10.7. The van der Waals surface area contributed by atoms with E-state index in [0.717, 1.165) is 50.1 Å². The molecule has 1 aromatic carbocycles. The van der Waals surface area contributed by atoms with Gasteiger partial charge in [0.15, 0.2) is 0 Å². The standard InChI is InChI=1S/C22H29N5O4/c1-29-21-24-20(25-22(26-21)30-2)27-9-3-5-16(14-27)12-19(28)23-13-15-7-8-18-17(11-15)6-4-10-31-18/h7-8,11,16H,3-6,9-10,12-14H2,1-2H3,(H,23,28). The molecule has 0 spiro atoms. The van der Waals surface area contributed by atoms with E-state index in [9.17, 15) is 4.79 Å². The van der Waals surface area contributed by atoms with Gasteiger partial charge in [-0.3, -0.25) is 4.79 Å². The summed E-state index contributed by atoms with van der Waals surface area (Å²) in [6.45, 7) is 2.85. The highest BCUT2D eigenvalue weighted by Gasteiger charge is 2.25. The molecule has 0 saturated carbocycles. The molecular formula is C22H29N5O4. The van der Waals surface area contributed by atoms with Crippen molar-refractivity contribution in [1.29, 1.82) is 0 Å². The highest BCUT2D eigenvalue weighted by molar-refractivity contribution is 5.76. The number of carbonyl (C=O) groups excluding carboxylic acids is 1. The van der Waals surface area contributed by atoms with E-state index < -0.39 is 0 Å². The van der Waals surface area contributed by atoms with Crippen LogP contribution in [-0.4, -0.2) is 54.8 Å². The largest absolute Gasteiger partial charge is 0.493 e. The number of ether oxygens (including phenoxy) is 3. The minimum Gasteiger partial charge on any atom is -0.493 e. The molecule has 1 atom stereocenters. The van der Waals surface area contributed by atoms with E-state index in [0.29, 0.717) is 25.5 Å². The molecule has 0 bridgehead atoms. The van der Waals surface area contributed by atoms with Gasteiger partial charge in [0.1, 0.15) is 5.75 Å². The van der Waals surface area contributed by atoms with Crippen molar-refractivity contribution < 1.29 is 19.0 Å². The van der Waals surface area contributed by atoms with Crippen LogP contribution in [-0.2, 0) is 17.8 Å². The Labute approximate surface area is 182 Å². The van der Waals surface area contributed by atoms with Gasteiger partial charge in [0.05, 0.1) is 20.8 Å². The Kier molecular flexibility index (Phi) is 6.69. The Morgan fingerprint density at radius 1 is 1.19 bits per heavy atom. The summed E-state index contributed by atoms with van der Waals surface area (Å²) in [5, 5.41) is 3.06. The van der Waals surface area contributed by atoms with Gasteiger partial charge in [0, 0.05) is 26.1 Å². The first-order valence-corrected chi connectivity index (χ1v) is 10.7. The Balaban J connectivity index is 1.31. The average Bonchev–Trinajstić information content (AvgIpc) is 2.82. The van der Waals surface area contributed by atoms with Crippen molar-refractivity contribution in [2.45, 2.75) is 38.6 Å². The Hall–Kier alpha value is -3.10. The van der Waals surface area contributed by atoms with Gasteiger partial charge in [-0.1, -0.05) is 12.1 Å². The van der Waals surface area contributed by atoms with E-state index in [4.69, 9.17) is 14.2 Å². The molecule has 1 saturated heterocycles. The predicted molar refractivity (Wildman–Crippen MR) is 115 cm³/mol. The quantitative estimate of drug-likeness (QED) is 0.718. The zero-order valence-corrected chi connectivity index (χ0v) is 18.1. The maximum Gasteiger partial charge on any atom is 0.324 e. The molecule has 9 nitrogen and oxygen atoms in total. The molecule has 1 unspecified atom stereocenters. The van der Waals surface area contributed by atoms with E-state index in [2.05, 4.69) is 31.2 Å². The van der Waals surface area contributed by atoms with Crippen molar-refractivity contribution in [1.82, 2.24) is 20.3 Å². The molecule has 166 valence electrons. The van der Waals surface area contributed by atoms with Gasteiger partial charge >= 0.3 is 12.0 Å².